The Labute approximate surface area is 119 Å². The number of hydrogen-bond acceptors (Lipinski definition) is 5. The van der Waals surface area contributed by atoms with Crippen LogP contribution in [0.1, 0.15) is 20.3 Å². The molecule has 0 saturated carbocycles. The highest BCUT2D eigenvalue weighted by atomic mass is 16.6. The van der Waals surface area contributed by atoms with E-state index in [4.69, 9.17) is 14.2 Å². The Balaban J connectivity index is 2.37. The van der Waals surface area contributed by atoms with Gasteiger partial charge in [0.2, 0.25) is 0 Å². The van der Waals surface area contributed by atoms with Gasteiger partial charge in [-0.25, -0.2) is 4.79 Å². The largest absolute Gasteiger partial charge is 0.447 e. The predicted molar refractivity (Wildman–Crippen MR) is 74.8 cm³/mol. The minimum absolute atomic E-state index is 0.196. The fourth-order valence-electron chi connectivity index (χ4n) is 1.41. The standard InChI is InChI=1S/C13H23N3O4/c1-13(2,19-4)5-6-16-10-11(9-14-16)15-12(17)20-8-7-18-3/h9-10H,5-8H2,1-4H3,(H,15,17). The van der Waals surface area contributed by atoms with Crippen molar-refractivity contribution in [1.82, 2.24) is 9.78 Å². The summed E-state index contributed by atoms with van der Waals surface area (Å²) < 4.78 is 16.8. The highest BCUT2D eigenvalue weighted by Gasteiger charge is 2.16. The first-order valence-electron chi connectivity index (χ1n) is 6.47. The van der Waals surface area contributed by atoms with Gasteiger partial charge in [0, 0.05) is 27.0 Å². The van der Waals surface area contributed by atoms with Crippen LogP contribution < -0.4 is 5.32 Å². The van der Waals surface area contributed by atoms with E-state index in [-0.39, 0.29) is 12.2 Å². The molecule has 7 nitrogen and oxygen atoms in total. The molecule has 114 valence electrons. The van der Waals surface area contributed by atoms with Gasteiger partial charge in [-0.2, -0.15) is 5.10 Å². The van der Waals surface area contributed by atoms with Crippen molar-refractivity contribution in [2.24, 2.45) is 0 Å². The number of nitrogens with zero attached hydrogens (tertiary/aromatic N) is 2. The molecule has 0 aliphatic rings. The van der Waals surface area contributed by atoms with E-state index in [9.17, 15) is 4.79 Å². The molecule has 0 unspecified atom stereocenters. The van der Waals surface area contributed by atoms with E-state index in [1.807, 2.05) is 13.8 Å². The smallest absolute Gasteiger partial charge is 0.411 e. The molecule has 1 rings (SSSR count). The minimum atomic E-state index is -0.515. The van der Waals surface area contributed by atoms with Gasteiger partial charge in [-0.05, 0) is 20.3 Å². The SMILES string of the molecule is COCCOC(=O)Nc1cnn(CCC(C)(C)OC)c1. The second kappa shape index (κ2) is 7.86. The van der Waals surface area contributed by atoms with Crippen LogP contribution in [0.15, 0.2) is 12.4 Å². The van der Waals surface area contributed by atoms with Crippen LogP contribution in [0.4, 0.5) is 10.5 Å². The molecular formula is C13H23N3O4. The van der Waals surface area contributed by atoms with Gasteiger partial charge >= 0.3 is 6.09 Å². The highest BCUT2D eigenvalue weighted by Crippen LogP contribution is 2.14. The molecule has 0 aliphatic carbocycles. The summed E-state index contributed by atoms with van der Waals surface area (Å²) in [5.41, 5.74) is 0.404. The Morgan fingerprint density at radius 2 is 2.15 bits per heavy atom. The third-order valence-electron chi connectivity index (χ3n) is 2.90. The summed E-state index contributed by atoms with van der Waals surface area (Å²) in [5.74, 6) is 0. The zero-order valence-corrected chi connectivity index (χ0v) is 12.5. The average molecular weight is 285 g/mol. The normalized spacial score (nSPS) is 11.4. The quantitative estimate of drug-likeness (QED) is 0.738. The lowest BCUT2D eigenvalue weighted by molar-refractivity contribution is 0.0113. The Bertz CT molecular complexity index is 418. The van der Waals surface area contributed by atoms with Crippen molar-refractivity contribution in [3.05, 3.63) is 12.4 Å². The maximum atomic E-state index is 11.4. The minimum Gasteiger partial charge on any atom is -0.447 e. The lowest BCUT2D eigenvalue weighted by atomic mass is 10.1. The van der Waals surface area contributed by atoms with Gasteiger partial charge in [-0.15, -0.1) is 0 Å². The topological polar surface area (TPSA) is 74.6 Å². The second-order valence-corrected chi connectivity index (χ2v) is 4.96. The number of ether oxygens (including phenoxy) is 3. The lowest BCUT2D eigenvalue weighted by Gasteiger charge is -2.22. The Morgan fingerprint density at radius 3 is 2.80 bits per heavy atom. The van der Waals surface area contributed by atoms with E-state index >= 15 is 0 Å². The maximum Gasteiger partial charge on any atom is 0.411 e. The van der Waals surface area contributed by atoms with Crippen molar-refractivity contribution in [3.63, 3.8) is 0 Å². The molecule has 0 bridgehead atoms. The van der Waals surface area contributed by atoms with Crippen LogP contribution >= 0.6 is 0 Å². The van der Waals surface area contributed by atoms with Crippen LogP contribution in [0.5, 0.6) is 0 Å². The zero-order chi connectivity index (χ0) is 15.0. The van der Waals surface area contributed by atoms with Crippen LogP contribution in [0.25, 0.3) is 0 Å². The molecule has 0 aliphatic heterocycles. The summed E-state index contributed by atoms with van der Waals surface area (Å²) in [7, 11) is 3.24. The summed E-state index contributed by atoms with van der Waals surface area (Å²) in [6.45, 7) is 5.34. The number of methoxy groups -OCH3 is 2. The Hall–Kier alpha value is -1.60. The third kappa shape index (κ3) is 6.03. The van der Waals surface area contributed by atoms with E-state index in [0.717, 1.165) is 6.42 Å². The third-order valence-corrected chi connectivity index (χ3v) is 2.90. The summed E-state index contributed by atoms with van der Waals surface area (Å²) in [6.07, 6.45) is 3.64. The van der Waals surface area contributed by atoms with Crippen molar-refractivity contribution in [2.45, 2.75) is 32.4 Å². The van der Waals surface area contributed by atoms with E-state index in [0.29, 0.717) is 18.8 Å². The molecule has 0 spiro atoms. The first kappa shape index (κ1) is 16.5. The lowest BCUT2D eigenvalue weighted by Crippen LogP contribution is -2.24. The molecule has 1 amide bonds. The van der Waals surface area contributed by atoms with Gasteiger partial charge < -0.3 is 14.2 Å². The van der Waals surface area contributed by atoms with Crippen LogP contribution in [0.3, 0.4) is 0 Å². The van der Waals surface area contributed by atoms with Gasteiger partial charge in [0.15, 0.2) is 0 Å². The first-order chi connectivity index (χ1) is 9.46. The van der Waals surface area contributed by atoms with E-state index in [1.165, 1.54) is 0 Å². The van der Waals surface area contributed by atoms with Crippen LogP contribution in [0.2, 0.25) is 0 Å². The molecule has 7 heteroatoms. The summed E-state index contributed by atoms with van der Waals surface area (Å²) >= 11 is 0. The molecule has 0 aromatic carbocycles. The number of anilines is 1. The zero-order valence-electron chi connectivity index (χ0n) is 12.5. The van der Waals surface area contributed by atoms with Crippen LogP contribution in [-0.4, -0.2) is 48.9 Å². The number of carbonyl (C=O) groups excluding carboxylic acids is 1. The van der Waals surface area contributed by atoms with Crippen molar-refractivity contribution in [3.8, 4) is 0 Å². The van der Waals surface area contributed by atoms with E-state index in [1.54, 1.807) is 31.3 Å². The molecule has 1 N–H and O–H groups in total. The van der Waals surface area contributed by atoms with Gasteiger partial charge in [-0.3, -0.25) is 10.00 Å². The summed E-state index contributed by atoms with van der Waals surface area (Å²) in [5, 5.41) is 6.77. The number of rotatable bonds is 8. The molecule has 0 atom stereocenters. The van der Waals surface area contributed by atoms with Gasteiger partial charge in [-0.1, -0.05) is 0 Å². The van der Waals surface area contributed by atoms with Crippen molar-refractivity contribution >= 4 is 11.8 Å². The van der Waals surface area contributed by atoms with Crippen molar-refractivity contribution < 1.29 is 19.0 Å². The second-order valence-electron chi connectivity index (χ2n) is 4.96. The summed E-state index contributed by atoms with van der Waals surface area (Å²) in [4.78, 5) is 11.4. The Morgan fingerprint density at radius 1 is 1.40 bits per heavy atom. The predicted octanol–water partition coefficient (Wildman–Crippen LogP) is 1.89. The first-order valence-corrected chi connectivity index (χ1v) is 6.47. The fourth-order valence-corrected chi connectivity index (χ4v) is 1.41. The van der Waals surface area contributed by atoms with Crippen LogP contribution in [-0.2, 0) is 20.8 Å². The number of aromatic nitrogens is 2. The van der Waals surface area contributed by atoms with Crippen LogP contribution in [0, 0.1) is 0 Å². The molecule has 20 heavy (non-hydrogen) atoms. The molecular weight excluding hydrogens is 262 g/mol. The number of hydrogen-bond donors (Lipinski definition) is 1. The number of amides is 1. The summed E-state index contributed by atoms with van der Waals surface area (Å²) in [6, 6.07) is 0. The maximum absolute atomic E-state index is 11.4. The van der Waals surface area contributed by atoms with Crippen molar-refractivity contribution in [1.29, 1.82) is 0 Å². The van der Waals surface area contributed by atoms with Gasteiger partial charge in [0.25, 0.3) is 0 Å². The highest BCUT2D eigenvalue weighted by molar-refractivity contribution is 5.84. The van der Waals surface area contributed by atoms with Crippen molar-refractivity contribution in [2.75, 3.05) is 32.8 Å². The number of aryl methyl sites for hydroxylation is 1. The molecule has 1 heterocycles. The van der Waals surface area contributed by atoms with Gasteiger partial charge in [0.05, 0.1) is 24.1 Å². The molecule has 0 radical (unpaired) electrons. The fraction of sp³-hybridized carbons (Fsp3) is 0.692. The molecule has 0 saturated heterocycles. The van der Waals surface area contributed by atoms with E-state index < -0.39 is 6.09 Å². The Kier molecular flexibility index (Phi) is 6.47. The molecule has 1 aromatic heterocycles. The number of carbonyl (C=O) groups is 1. The average Bonchev–Trinajstić information content (AvgIpc) is 2.84. The molecule has 1 aromatic rings. The number of nitrogens with one attached hydrogen (secondary N) is 1. The van der Waals surface area contributed by atoms with E-state index in [2.05, 4.69) is 10.4 Å². The monoisotopic (exact) mass is 285 g/mol. The van der Waals surface area contributed by atoms with Gasteiger partial charge in [0.1, 0.15) is 6.61 Å². The molecule has 0 fully saturated rings.